The van der Waals surface area contributed by atoms with E-state index in [9.17, 15) is 13.2 Å². The van der Waals surface area contributed by atoms with E-state index in [1.165, 1.54) is 0 Å². The van der Waals surface area contributed by atoms with Gasteiger partial charge in [0.2, 0.25) is 0 Å². The number of hydrogen-bond acceptors (Lipinski definition) is 0. The highest BCUT2D eigenvalue weighted by Gasteiger charge is 2.25. The minimum Gasteiger partial charge on any atom is -0.171 e. The molecule has 0 saturated heterocycles. The molecule has 7 heavy (non-hydrogen) atoms. The van der Waals surface area contributed by atoms with Crippen LogP contribution in [0.4, 0.5) is 13.2 Å². The minimum atomic E-state index is -4.07. The van der Waals surface area contributed by atoms with Gasteiger partial charge in [-0.05, 0) is 7.93 Å². The number of halogens is 4. The molecule has 0 radical (unpaired) electrons. The summed E-state index contributed by atoms with van der Waals surface area (Å²) in [5.41, 5.74) is 0. The highest BCUT2D eigenvalue weighted by Crippen LogP contribution is 2.27. The molecule has 1 atom stereocenters. The Morgan fingerprint density at radius 3 is 1.86 bits per heavy atom. The molecule has 0 fully saturated rings. The summed E-state index contributed by atoms with van der Waals surface area (Å²) < 4.78 is 32.9. The summed E-state index contributed by atoms with van der Waals surface area (Å²) in [5.74, 6) is 0. The van der Waals surface area contributed by atoms with Gasteiger partial charge in [0.05, 0.1) is 6.16 Å². The Balaban J connectivity index is 3.15. The first-order chi connectivity index (χ1) is 3.06. The summed E-state index contributed by atoms with van der Waals surface area (Å²) in [5, 5.41) is 0. The van der Waals surface area contributed by atoms with E-state index in [1.54, 1.807) is 0 Å². The fourth-order valence-corrected chi connectivity index (χ4v) is 0.682. The number of alkyl halides is 3. The zero-order valence-corrected chi connectivity index (χ0v) is 4.97. The second-order valence-electron chi connectivity index (χ2n) is 0.926. The molecule has 0 heterocycles. The van der Waals surface area contributed by atoms with Gasteiger partial charge < -0.3 is 0 Å². The summed E-state index contributed by atoms with van der Waals surface area (Å²) >= 11 is 4.79. The molecule has 0 aromatic heterocycles. The average Bonchev–Trinajstić information content (AvgIpc) is 1.30. The van der Waals surface area contributed by atoms with Crippen LogP contribution in [0.1, 0.15) is 0 Å². The fourth-order valence-electron chi connectivity index (χ4n) is 0.0758. The summed E-state index contributed by atoms with van der Waals surface area (Å²) in [7, 11) is -0.544. The average molecular weight is 150 g/mol. The Kier molecular flexibility index (Phi) is 2.93. The van der Waals surface area contributed by atoms with E-state index in [0.29, 0.717) is 0 Å². The molecule has 0 bridgehead atoms. The third kappa shape index (κ3) is 6.51. The van der Waals surface area contributed by atoms with E-state index >= 15 is 0 Å². The predicted molar refractivity (Wildman–Crippen MR) is 25.1 cm³/mol. The van der Waals surface area contributed by atoms with E-state index in [0.717, 1.165) is 0 Å². The minimum absolute atomic E-state index is 0.544. The lowest BCUT2D eigenvalue weighted by Gasteiger charge is -1.99. The second-order valence-corrected chi connectivity index (χ2v) is 2.35. The molecule has 0 nitrogen and oxygen atoms in total. The van der Waals surface area contributed by atoms with Gasteiger partial charge in [-0.15, -0.1) is 0 Å². The Hall–Kier alpha value is 0.510. The van der Waals surface area contributed by atoms with Crippen molar-refractivity contribution in [1.29, 1.82) is 0 Å². The van der Waals surface area contributed by atoms with Crippen molar-refractivity contribution in [2.45, 2.75) is 6.18 Å². The summed E-state index contributed by atoms with van der Waals surface area (Å²) in [6.07, 6.45) is -4.94. The SMILES string of the molecule is FC(F)(F)CPCl. The third-order valence-electron chi connectivity index (χ3n) is 0.267. The van der Waals surface area contributed by atoms with Crippen molar-refractivity contribution in [3.8, 4) is 0 Å². The highest BCUT2D eigenvalue weighted by atomic mass is 35.7. The van der Waals surface area contributed by atoms with Gasteiger partial charge in [-0.3, -0.25) is 0 Å². The lowest BCUT2D eigenvalue weighted by atomic mass is 10.8. The molecule has 5 heteroatoms. The lowest BCUT2D eigenvalue weighted by molar-refractivity contribution is -0.105. The summed E-state index contributed by atoms with van der Waals surface area (Å²) in [6, 6.07) is 0. The largest absolute Gasteiger partial charge is 0.393 e. The van der Waals surface area contributed by atoms with Crippen molar-refractivity contribution in [3.63, 3.8) is 0 Å². The normalized spacial score (nSPS) is 13.7. The molecule has 44 valence electrons. The molecule has 0 saturated carbocycles. The Morgan fingerprint density at radius 1 is 1.43 bits per heavy atom. The van der Waals surface area contributed by atoms with E-state index < -0.39 is 20.3 Å². The van der Waals surface area contributed by atoms with Gasteiger partial charge in [0, 0.05) is 0 Å². The Bertz CT molecular complexity index is 51.4. The van der Waals surface area contributed by atoms with Gasteiger partial charge in [0.25, 0.3) is 0 Å². The smallest absolute Gasteiger partial charge is 0.171 e. The van der Waals surface area contributed by atoms with Gasteiger partial charge >= 0.3 is 6.18 Å². The molecule has 0 aromatic rings. The van der Waals surface area contributed by atoms with Gasteiger partial charge in [-0.1, -0.05) is 11.2 Å². The third-order valence-corrected chi connectivity index (χ3v) is 1.20. The number of rotatable bonds is 1. The first-order valence-electron chi connectivity index (χ1n) is 1.46. The monoisotopic (exact) mass is 150 g/mol. The molecule has 0 aliphatic rings. The molecular weight excluding hydrogens is 147 g/mol. The first-order valence-corrected chi connectivity index (χ1v) is 3.68. The van der Waals surface area contributed by atoms with Crippen LogP contribution in [0.3, 0.4) is 0 Å². The molecule has 0 aliphatic carbocycles. The van der Waals surface area contributed by atoms with Crippen LogP contribution in [0.25, 0.3) is 0 Å². The van der Waals surface area contributed by atoms with Crippen LogP contribution in [-0.2, 0) is 0 Å². The topological polar surface area (TPSA) is 0 Å². The van der Waals surface area contributed by atoms with Crippen LogP contribution in [0.5, 0.6) is 0 Å². The van der Waals surface area contributed by atoms with E-state index in [4.69, 9.17) is 11.2 Å². The molecule has 0 spiro atoms. The van der Waals surface area contributed by atoms with E-state index in [2.05, 4.69) is 0 Å². The number of hydrogen-bond donors (Lipinski definition) is 0. The van der Waals surface area contributed by atoms with Gasteiger partial charge in [0.15, 0.2) is 0 Å². The van der Waals surface area contributed by atoms with Crippen molar-refractivity contribution < 1.29 is 13.2 Å². The summed E-state index contributed by atoms with van der Waals surface area (Å²) in [4.78, 5) is 0. The van der Waals surface area contributed by atoms with Crippen LogP contribution < -0.4 is 0 Å². The van der Waals surface area contributed by atoms with Crippen LogP contribution in [-0.4, -0.2) is 12.3 Å². The van der Waals surface area contributed by atoms with Crippen molar-refractivity contribution in [1.82, 2.24) is 0 Å². The standard InChI is InChI=1S/C2H3ClF3P/c3-7-1-2(4,5)6/h7H,1H2. The Labute approximate surface area is 45.6 Å². The van der Waals surface area contributed by atoms with Crippen molar-refractivity contribution >= 4 is 19.2 Å². The second kappa shape index (κ2) is 2.73. The maximum Gasteiger partial charge on any atom is 0.393 e. The quantitative estimate of drug-likeness (QED) is 0.504. The molecule has 0 rings (SSSR count). The van der Waals surface area contributed by atoms with Gasteiger partial charge in [-0.25, -0.2) is 0 Å². The van der Waals surface area contributed by atoms with Crippen molar-refractivity contribution in [2.24, 2.45) is 0 Å². The molecular formula is C2H3ClF3P. The maximum atomic E-state index is 11.0. The molecule has 0 aliphatic heterocycles. The first kappa shape index (κ1) is 7.51. The molecule has 0 N–H and O–H groups in total. The van der Waals surface area contributed by atoms with Crippen LogP contribution in [0.15, 0.2) is 0 Å². The predicted octanol–water partition coefficient (Wildman–Crippen LogP) is 2.38. The molecule has 1 unspecified atom stereocenters. The zero-order valence-electron chi connectivity index (χ0n) is 3.22. The van der Waals surface area contributed by atoms with Gasteiger partial charge in [0.1, 0.15) is 0 Å². The molecule has 0 amide bonds. The van der Waals surface area contributed by atoms with E-state index in [1.807, 2.05) is 0 Å². The maximum absolute atomic E-state index is 11.0. The van der Waals surface area contributed by atoms with Crippen LogP contribution >= 0.6 is 19.2 Å². The molecule has 0 aromatic carbocycles. The van der Waals surface area contributed by atoms with Crippen LogP contribution in [0, 0.1) is 0 Å². The van der Waals surface area contributed by atoms with Gasteiger partial charge in [-0.2, -0.15) is 13.2 Å². The summed E-state index contributed by atoms with van der Waals surface area (Å²) in [6.45, 7) is 0. The lowest BCUT2D eigenvalue weighted by Crippen LogP contribution is -2.08. The highest BCUT2D eigenvalue weighted by molar-refractivity contribution is 7.68. The fraction of sp³-hybridized carbons (Fsp3) is 1.00. The van der Waals surface area contributed by atoms with Crippen molar-refractivity contribution in [3.05, 3.63) is 0 Å². The van der Waals surface area contributed by atoms with E-state index in [-0.39, 0.29) is 0 Å². The van der Waals surface area contributed by atoms with Crippen LogP contribution in [0.2, 0.25) is 0 Å². The van der Waals surface area contributed by atoms with Crippen molar-refractivity contribution in [2.75, 3.05) is 6.16 Å². The zero-order chi connectivity index (χ0) is 5.91. The Morgan fingerprint density at radius 2 is 1.86 bits per heavy atom.